The lowest BCUT2D eigenvalue weighted by Crippen LogP contribution is -2.60. The fraction of sp³-hybridized carbons (Fsp3) is 0.429. The molecule has 4 heterocycles. The number of ether oxygens (including phenoxy) is 2. The first kappa shape index (κ1) is 49.0. The Bertz CT molecular complexity index is 2220. The summed E-state index contributed by atoms with van der Waals surface area (Å²) in [5, 5.41) is 3.35. The second-order valence-corrected chi connectivity index (χ2v) is 18.6. The van der Waals surface area contributed by atoms with Crippen LogP contribution in [0.5, 0.6) is 0 Å². The van der Waals surface area contributed by atoms with Crippen LogP contribution in [0.15, 0.2) is 97.3 Å². The summed E-state index contributed by atoms with van der Waals surface area (Å²) in [4.78, 5) is 34.2. The van der Waals surface area contributed by atoms with Gasteiger partial charge < -0.3 is 14.8 Å². The summed E-state index contributed by atoms with van der Waals surface area (Å²) in [6.07, 6.45) is 2.80. The Kier molecular flexibility index (Phi) is 17.6. The molecule has 1 N–H and O–H groups in total. The molecular formula is C42H57ClN8O8S2. The van der Waals surface area contributed by atoms with Crippen LogP contribution in [0.25, 0.3) is 0 Å². The van der Waals surface area contributed by atoms with Crippen LogP contribution in [0.2, 0.25) is 0 Å². The number of nitrogens with one attached hydrogen (secondary N) is 1. The van der Waals surface area contributed by atoms with E-state index in [4.69, 9.17) is 4.74 Å². The highest BCUT2D eigenvalue weighted by molar-refractivity contribution is 7.90. The number of esters is 2. The number of hydrogen-bond acceptors (Lipinski definition) is 12. The van der Waals surface area contributed by atoms with Gasteiger partial charge in [-0.1, -0.05) is 43.3 Å². The maximum atomic E-state index is 13.7. The van der Waals surface area contributed by atoms with Gasteiger partial charge in [-0.05, 0) is 82.8 Å². The summed E-state index contributed by atoms with van der Waals surface area (Å²) in [6.45, 7) is 12.8. The van der Waals surface area contributed by atoms with Crippen LogP contribution in [0.1, 0.15) is 66.7 Å². The molecule has 332 valence electrons. The van der Waals surface area contributed by atoms with Crippen molar-refractivity contribution in [2.45, 2.75) is 71.9 Å². The highest BCUT2D eigenvalue weighted by atomic mass is 35.5. The number of piperazine rings is 2. The van der Waals surface area contributed by atoms with Crippen molar-refractivity contribution < 1.29 is 35.9 Å². The van der Waals surface area contributed by atoms with Crippen molar-refractivity contribution in [2.24, 2.45) is 0 Å². The number of nitrogens with zero attached hydrogens (tertiary/aromatic N) is 7. The standard InChI is InChI=1S/C22H30N4O4S.C20H26N4O4S.ClH/c1-5-25-17(2)14-24(15-18(25)3)31(28,29)26(21-9-7-6-8-10-21)16-20-12-11-19(13-23-20)22(27)30-4;1-15-12-23(13-16(2)22-15)29(26,27)24(19-7-5-4-6-8-19)14-18-10-9-17(11-21-18)20(25)28-3;/h6-13,17-18H,5,14-16H2,1-4H3;4-11,15-16,22H,12-14H2,1-3H3;1H/t17-,18+;15-,16+;. The van der Waals surface area contributed by atoms with E-state index < -0.39 is 32.4 Å². The monoisotopic (exact) mass is 900 g/mol. The van der Waals surface area contributed by atoms with Gasteiger partial charge in [-0.15, -0.1) is 12.4 Å². The van der Waals surface area contributed by atoms with Crippen molar-refractivity contribution in [1.82, 2.24) is 28.8 Å². The molecule has 61 heavy (non-hydrogen) atoms. The third-order valence-electron chi connectivity index (χ3n) is 10.4. The van der Waals surface area contributed by atoms with Gasteiger partial charge in [-0.3, -0.25) is 23.5 Å². The van der Waals surface area contributed by atoms with Crippen LogP contribution in [0.4, 0.5) is 11.4 Å². The number of likely N-dealkylation sites (N-methyl/N-ethyl adjacent to an activating group) is 1. The molecule has 2 aliphatic heterocycles. The van der Waals surface area contributed by atoms with Crippen molar-refractivity contribution in [1.29, 1.82) is 0 Å². The number of halogens is 1. The van der Waals surface area contributed by atoms with Crippen LogP contribution in [-0.4, -0.2) is 123 Å². The minimum Gasteiger partial charge on any atom is -0.465 e. The average Bonchev–Trinajstić information content (AvgIpc) is 3.24. The number of hydrogen-bond donors (Lipinski definition) is 1. The number of methoxy groups -OCH3 is 2. The molecule has 0 saturated carbocycles. The number of para-hydroxylation sites is 2. The van der Waals surface area contributed by atoms with E-state index in [1.165, 1.54) is 39.5 Å². The van der Waals surface area contributed by atoms with Crippen LogP contribution >= 0.6 is 12.4 Å². The Labute approximate surface area is 366 Å². The van der Waals surface area contributed by atoms with Gasteiger partial charge in [0.2, 0.25) is 0 Å². The summed E-state index contributed by atoms with van der Waals surface area (Å²) in [5.41, 5.74) is 2.83. The van der Waals surface area contributed by atoms with E-state index >= 15 is 0 Å². The molecule has 4 aromatic rings. The summed E-state index contributed by atoms with van der Waals surface area (Å²) in [5.74, 6) is -0.969. The molecule has 2 fully saturated rings. The van der Waals surface area contributed by atoms with E-state index in [1.54, 1.807) is 65.0 Å². The van der Waals surface area contributed by atoms with E-state index in [9.17, 15) is 26.4 Å². The fourth-order valence-electron chi connectivity index (χ4n) is 7.47. The Morgan fingerprint density at radius 3 is 1.34 bits per heavy atom. The molecule has 4 atom stereocenters. The lowest BCUT2D eigenvalue weighted by Gasteiger charge is -2.44. The maximum Gasteiger partial charge on any atom is 0.339 e. The van der Waals surface area contributed by atoms with Crippen molar-refractivity contribution >= 4 is 56.1 Å². The van der Waals surface area contributed by atoms with E-state index in [2.05, 4.69) is 45.7 Å². The summed E-state index contributed by atoms with van der Waals surface area (Å²) < 4.78 is 69.7. The maximum absolute atomic E-state index is 13.7. The van der Waals surface area contributed by atoms with Crippen LogP contribution < -0.4 is 13.9 Å². The van der Waals surface area contributed by atoms with Crippen LogP contribution in [-0.2, 0) is 43.0 Å². The molecule has 2 aliphatic rings. The van der Waals surface area contributed by atoms with E-state index in [0.717, 1.165) is 6.54 Å². The van der Waals surface area contributed by atoms with Crippen LogP contribution in [0, 0.1) is 0 Å². The molecule has 16 nitrogen and oxygen atoms in total. The van der Waals surface area contributed by atoms with E-state index in [0.29, 0.717) is 60.1 Å². The van der Waals surface area contributed by atoms with E-state index in [1.807, 2.05) is 38.1 Å². The van der Waals surface area contributed by atoms with Gasteiger partial charge in [0.1, 0.15) is 0 Å². The SMILES string of the molecule is CCN1[C@H](C)CN(S(=O)(=O)N(Cc2ccc(C(=O)OC)cn2)c2ccccc2)C[C@@H]1C.COC(=O)c1ccc(CN(c2ccccc2)S(=O)(=O)N2C[C@@H](C)N[C@@H](C)C2)nc1.Cl. The highest BCUT2D eigenvalue weighted by Gasteiger charge is 2.39. The molecule has 2 saturated heterocycles. The zero-order chi connectivity index (χ0) is 43.6. The summed E-state index contributed by atoms with van der Waals surface area (Å²) >= 11 is 0. The molecule has 6 rings (SSSR count). The van der Waals surface area contributed by atoms with Gasteiger partial charge >= 0.3 is 32.4 Å². The fourth-order valence-corrected chi connectivity index (χ4v) is 11.0. The second kappa shape index (κ2) is 21.9. The molecule has 2 aromatic heterocycles. The summed E-state index contributed by atoms with van der Waals surface area (Å²) in [6, 6.07) is 24.8. The number of rotatable bonds is 13. The zero-order valence-corrected chi connectivity index (χ0v) is 38.1. The van der Waals surface area contributed by atoms with Crippen molar-refractivity contribution in [3.63, 3.8) is 0 Å². The quantitative estimate of drug-likeness (QED) is 0.183. The molecule has 0 bridgehead atoms. The Hall–Kier alpha value is -4.69. The summed E-state index contributed by atoms with van der Waals surface area (Å²) in [7, 11) is -4.97. The molecule has 0 aliphatic carbocycles. The minimum absolute atomic E-state index is 0. The number of carbonyl (C=O) groups excluding carboxylic acids is 2. The minimum atomic E-state index is -3.80. The zero-order valence-electron chi connectivity index (χ0n) is 35.6. The third-order valence-corrected chi connectivity index (χ3v) is 14.1. The Morgan fingerprint density at radius 2 is 1.02 bits per heavy atom. The number of benzene rings is 2. The van der Waals surface area contributed by atoms with Crippen molar-refractivity contribution in [3.05, 3.63) is 120 Å². The molecule has 0 radical (unpaired) electrons. The molecule has 19 heteroatoms. The predicted octanol–water partition coefficient (Wildman–Crippen LogP) is 4.76. The number of aromatic nitrogens is 2. The molecule has 0 spiro atoms. The van der Waals surface area contributed by atoms with Gasteiger partial charge in [0.15, 0.2) is 0 Å². The van der Waals surface area contributed by atoms with Gasteiger partial charge in [-0.25, -0.2) is 9.59 Å². The van der Waals surface area contributed by atoms with Gasteiger partial charge in [0.25, 0.3) is 0 Å². The normalized spacial score (nSPS) is 20.0. The lowest BCUT2D eigenvalue weighted by molar-refractivity contribution is 0.0591. The first-order valence-corrected chi connectivity index (χ1v) is 22.6. The Balaban J connectivity index is 0.000000265. The smallest absolute Gasteiger partial charge is 0.339 e. The van der Waals surface area contributed by atoms with Gasteiger partial charge in [-0.2, -0.15) is 25.4 Å². The molecular weight excluding hydrogens is 844 g/mol. The van der Waals surface area contributed by atoms with Crippen molar-refractivity contribution in [3.8, 4) is 0 Å². The lowest BCUT2D eigenvalue weighted by atomic mass is 10.1. The Morgan fingerprint density at radius 1 is 0.639 bits per heavy atom. The average molecular weight is 902 g/mol. The van der Waals surface area contributed by atoms with Crippen molar-refractivity contribution in [2.75, 3.05) is 55.6 Å². The highest BCUT2D eigenvalue weighted by Crippen LogP contribution is 2.27. The number of anilines is 2. The first-order valence-electron chi connectivity index (χ1n) is 19.8. The number of carbonyl (C=O) groups is 2. The first-order chi connectivity index (χ1) is 28.6. The predicted molar refractivity (Wildman–Crippen MR) is 238 cm³/mol. The molecule has 0 amide bonds. The van der Waals surface area contributed by atoms with Gasteiger partial charge in [0, 0.05) is 62.7 Å². The molecule has 2 aromatic carbocycles. The largest absolute Gasteiger partial charge is 0.465 e. The second-order valence-electron chi connectivity index (χ2n) is 14.9. The molecule has 0 unspecified atom stereocenters. The topological polar surface area (TPSA) is 175 Å². The third kappa shape index (κ3) is 12.2. The van der Waals surface area contributed by atoms with Crippen LogP contribution in [0.3, 0.4) is 0 Å². The number of pyridine rings is 2. The van der Waals surface area contributed by atoms with E-state index in [-0.39, 0.29) is 49.7 Å². The van der Waals surface area contributed by atoms with Gasteiger partial charge in [0.05, 0.1) is 61.2 Å².